The molecule has 0 radical (unpaired) electrons. The summed E-state index contributed by atoms with van der Waals surface area (Å²) in [6.07, 6.45) is 5.55. The molecular weight excluding hydrogens is 474 g/mol. The number of carbonyl (C=O) groups is 1. The van der Waals surface area contributed by atoms with E-state index in [1.54, 1.807) is 19.4 Å². The number of imidazole rings is 1. The summed E-state index contributed by atoms with van der Waals surface area (Å²) in [6, 6.07) is 15.2. The van der Waals surface area contributed by atoms with Crippen molar-refractivity contribution in [3.63, 3.8) is 0 Å². The van der Waals surface area contributed by atoms with Gasteiger partial charge in [-0.3, -0.25) is 9.36 Å². The lowest BCUT2D eigenvalue weighted by Gasteiger charge is -2.20. The number of aromatic nitrogens is 4. The van der Waals surface area contributed by atoms with Gasteiger partial charge in [0.25, 0.3) is 0 Å². The highest BCUT2D eigenvalue weighted by molar-refractivity contribution is 7.99. The van der Waals surface area contributed by atoms with Crippen molar-refractivity contribution in [1.82, 2.24) is 24.6 Å². The third-order valence-electron chi connectivity index (χ3n) is 5.47. The van der Waals surface area contributed by atoms with E-state index in [0.717, 1.165) is 29.4 Å². The number of methoxy groups -OCH3 is 1. The second-order valence-electron chi connectivity index (χ2n) is 7.80. The van der Waals surface area contributed by atoms with E-state index < -0.39 is 0 Å². The second-order valence-corrected chi connectivity index (χ2v) is 9.15. The van der Waals surface area contributed by atoms with Gasteiger partial charge in [-0.1, -0.05) is 35.5 Å². The van der Waals surface area contributed by atoms with Crippen molar-refractivity contribution < 1.29 is 13.9 Å². The SMILES string of the molecule is COc1ccc(-n2ccnc2SCC(=O)N(Cc2nnc(-c3ccccc3Cl)o2)C2CC2)cc1. The topological polar surface area (TPSA) is 86.3 Å². The minimum atomic E-state index is 0.00859. The van der Waals surface area contributed by atoms with Gasteiger partial charge < -0.3 is 14.1 Å². The quantitative estimate of drug-likeness (QED) is 0.306. The molecule has 1 fully saturated rings. The summed E-state index contributed by atoms with van der Waals surface area (Å²) in [5, 5.41) is 9.54. The molecule has 2 aromatic heterocycles. The fourth-order valence-electron chi connectivity index (χ4n) is 3.56. The molecule has 0 N–H and O–H groups in total. The molecule has 1 aliphatic carbocycles. The van der Waals surface area contributed by atoms with Gasteiger partial charge in [0.15, 0.2) is 5.16 Å². The van der Waals surface area contributed by atoms with Crippen LogP contribution in [-0.4, -0.2) is 49.5 Å². The normalized spacial score (nSPS) is 13.1. The maximum absolute atomic E-state index is 13.1. The smallest absolute Gasteiger partial charge is 0.249 e. The number of amides is 1. The van der Waals surface area contributed by atoms with Crippen molar-refractivity contribution in [1.29, 1.82) is 0 Å². The molecular formula is C24H22ClN5O3S. The Morgan fingerprint density at radius 1 is 1.21 bits per heavy atom. The standard InChI is InChI=1S/C24H22ClN5O3S/c1-32-18-10-8-16(9-11-18)29-13-12-26-24(29)34-15-22(31)30(17-6-7-17)14-21-27-28-23(33-21)19-4-2-3-5-20(19)25/h2-5,8-13,17H,6-7,14-15H2,1H3. The van der Waals surface area contributed by atoms with Crippen LogP contribution >= 0.6 is 23.4 Å². The molecule has 0 saturated heterocycles. The Balaban J connectivity index is 1.25. The van der Waals surface area contributed by atoms with Crippen molar-refractivity contribution in [2.45, 2.75) is 30.6 Å². The van der Waals surface area contributed by atoms with Crippen LogP contribution in [0.3, 0.4) is 0 Å². The molecule has 174 valence electrons. The Morgan fingerprint density at radius 3 is 2.74 bits per heavy atom. The average Bonchev–Trinajstić information content (AvgIpc) is 3.41. The van der Waals surface area contributed by atoms with Crippen LogP contribution in [0.15, 0.2) is 70.5 Å². The first-order valence-corrected chi connectivity index (χ1v) is 12.2. The fourth-order valence-corrected chi connectivity index (χ4v) is 4.63. The molecule has 1 aliphatic rings. The molecule has 5 rings (SSSR count). The van der Waals surface area contributed by atoms with E-state index >= 15 is 0 Å². The predicted octanol–water partition coefficient (Wildman–Crippen LogP) is 4.87. The Hall–Kier alpha value is -3.30. The second kappa shape index (κ2) is 9.90. The lowest BCUT2D eigenvalue weighted by atomic mass is 10.2. The molecule has 0 unspecified atom stereocenters. The van der Waals surface area contributed by atoms with Crippen LogP contribution in [0.5, 0.6) is 5.75 Å². The molecule has 34 heavy (non-hydrogen) atoms. The van der Waals surface area contributed by atoms with E-state index in [4.69, 9.17) is 20.8 Å². The van der Waals surface area contributed by atoms with E-state index in [9.17, 15) is 4.79 Å². The van der Waals surface area contributed by atoms with Crippen LogP contribution in [0.25, 0.3) is 17.1 Å². The summed E-state index contributed by atoms with van der Waals surface area (Å²) in [5.74, 6) is 1.79. The van der Waals surface area contributed by atoms with E-state index in [0.29, 0.717) is 22.4 Å². The molecule has 4 aromatic rings. The highest BCUT2D eigenvalue weighted by Crippen LogP contribution is 2.31. The lowest BCUT2D eigenvalue weighted by Crippen LogP contribution is -2.34. The molecule has 10 heteroatoms. The molecule has 0 atom stereocenters. The van der Waals surface area contributed by atoms with Gasteiger partial charge in [0.1, 0.15) is 5.75 Å². The van der Waals surface area contributed by atoms with E-state index in [1.807, 2.05) is 58.1 Å². The summed E-state index contributed by atoms with van der Waals surface area (Å²) >= 11 is 7.64. The first-order chi connectivity index (χ1) is 16.6. The Bertz CT molecular complexity index is 1290. The first-order valence-electron chi connectivity index (χ1n) is 10.8. The van der Waals surface area contributed by atoms with Crippen LogP contribution in [0.2, 0.25) is 5.02 Å². The van der Waals surface area contributed by atoms with Crippen LogP contribution in [-0.2, 0) is 11.3 Å². The maximum atomic E-state index is 13.1. The molecule has 1 amide bonds. The van der Waals surface area contributed by atoms with Crippen molar-refractivity contribution in [3.8, 4) is 22.9 Å². The van der Waals surface area contributed by atoms with Crippen LogP contribution in [0.4, 0.5) is 0 Å². The third kappa shape index (κ3) is 4.95. The minimum absolute atomic E-state index is 0.00859. The number of carbonyl (C=O) groups excluding carboxylic acids is 1. The van der Waals surface area contributed by atoms with Gasteiger partial charge >= 0.3 is 0 Å². The zero-order valence-electron chi connectivity index (χ0n) is 18.4. The van der Waals surface area contributed by atoms with Gasteiger partial charge in [-0.2, -0.15) is 0 Å². The van der Waals surface area contributed by atoms with Gasteiger partial charge in [-0.05, 0) is 49.2 Å². The summed E-state index contributed by atoms with van der Waals surface area (Å²) in [6.45, 7) is 0.272. The van der Waals surface area contributed by atoms with Crippen molar-refractivity contribution in [2.24, 2.45) is 0 Å². The molecule has 0 spiro atoms. The largest absolute Gasteiger partial charge is 0.497 e. The van der Waals surface area contributed by atoms with Gasteiger partial charge in [0.05, 0.1) is 30.0 Å². The summed E-state index contributed by atoms with van der Waals surface area (Å²) in [4.78, 5) is 19.4. The molecule has 0 aliphatic heterocycles. The number of rotatable bonds is 9. The van der Waals surface area contributed by atoms with Crippen molar-refractivity contribution >= 4 is 29.3 Å². The van der Waals surface area contributed by atoms with Crippen molar-refractivity contribution in [2.75, 3.05) is 12.9 Å². The summed E-state index contributed by atoms with van der Waals surface area (Å²) < 4.78 is 13.0. The summed E-state index contributed by atoms with van der Waals surface area (Å²) in [7, 11) is 1.64. The highest BCUT2D eigenvalue weighted by Gasteiger charge is 2.34. The van der Waals surface area contributed by atoms with Gasteiger partial charge in [0.2, 0.25) is 17.7 Å². The molecule has 8 nitrogen and oxygen atoms in total. The number of halogens is 1. The zero-order chi connectivity index (χ0) is 23.5. The Kier molecular flexibility index (Phi) is 6.55. The van der Waals surface area contributed by atoms with E-state index in [2.05, 4.69) is 15.2 Å². The number of nitrogens with zero attached hydrogens (tertiary/aromatic N) is 5. The van der Waals surface area contributed by atoms with Crippen LogP contribution in [0, 0.1) is 0 Å². The molecule has 0 bridgehead atoms. The zero-order valence-corrected chi connectivity index (χ0v) is 20.0. The Labute approximate surface area is 205 Å². The highest BCUT2D eigenvalue weighted by atomic mass is 35.5. The average molecular weight is 496 g/mol. The first kappa shape index (κ1) is 22.5. The monoisotopic (exact) mass is 495 g/mol. The molecule has 2 heterocycles. The minimum Gasteiger partial charge on any atom is -0.497 e. The van der Waals surface area contributed by atoms with Gasteiger partial charge in [0, 0.05) is 24.1 Å². The predicted molar refractivity (Wildman–Crippen MR) is 129 cm³/mol. The van der Waals surface area contributed by atoms with E-state index in [-0.39, 0.29) is 24.2 Å². The fraction of sp³-hybridized carbons (Fsp3) is 0.250. The third-order valence-corrected chi connectivity index (χ3v) is 6.75. The number of ether oxygens (including phenoxy) is 1. The van der Waals surface area contributed by atoms with Crippen molar-refractivity contribution in [3.05, 3.63) is 71.8 Å². The van der Waals surface area contributed by atoms with Gasteiger partial charge in [-0.25, -0.2) is 4.98 Å². The maximum Gasteiger partial charge on any atom is 0.249 e. The van der Waals surface area contributed by atoms with Crippen LogP contribution in [0.1, 0.15) is 18.7 Å². The van der Waals surface area contributed by atoms with Crippen LogP contribution < -0.4 is 4.74 Å². The van der Waals surface area contributed by atoms with Gasteiger partial charge in [-0.15, -0.1) is 10.2 Å². The molecule has 1 saturated carbocycles. The number of benzene rings is 2. The summed E-state index contributed by atoms with van der Waals surface area (Å²) in [5.41, 5.74) is 1.62. The number of hydrogen-bond donors (Lipinski definition) is 0. The molecule has 2 aromatic carbocycles. The lowest BCUT2D eigenvalue weighted by molar-refractivity contribution is -0.129. The Morgan fingerprint density at radius 2 is 2.00 bits per heavy atom. The number of thioether (sulfide) groups is 1. The number of hydrogen-bond acceptors (Lipinski definition) is 7. The van der Waals surface area contributed by atoms with E-state index in [1.165, 1.54) is 11.8 Å².